The van der Waals surface area contributed by atoms with Gasteiger partial charge in [0.1, 0.15) is 4.88 Å². The molecule has 0 amide bonds. The van der Waals surface area contributed by atoms with Crippen LogP contribution in [0, 0.1) is 0 Å². The molecule has 0 aliphatic rings. The molecule has 0 saturated carbocycles. The van der Waals surface area contributed by atoms with E-state index < -0.39 is 11.7 Å². The number of hydrogen-bond donors (Lipinski definition) is 2. The van der Waals surface area contributed by atoms with Crippen molar-refractivity contribution in [3.8, 4) is 0 Å². The van der Waals surface area contributed by atoms with Crippen LogP contribution in [0.2, 0.25) is 15.1 Å². The summed E-state index contributed by atoms with van der Waals surface area (Å²) in [5.41, 5.74) is -0.479. The van der Waals surface area contributed by atoms with E-state index in [-0.39, 0.29) is 22.3 Å². The fourth-order valence-electron chi connectivity index (χ4n) is 1.82. The van der Waals surface area contributed by atoms with Gasteiger partial charge in [0.05, 0.1) is 10.0 Å². The molecule has 0 fully saturated rings. The van der Waals surface area contributed by atoms with Crippen LogP contribution in [-0.4, -0.2) is 21.2 Å². The SMILES string of the molecule is O=C(OCc1n[nH]c(=O)[nH]1)c1sc2cc(Cl)cc(Cl)c2c1Cl. The molecule has 0 spiro atoms. The third-order valence-corrected chi connectivity index (χ3v) is 4.85. The Morgan fingerprint density at radius 1 is 1.32 bits per heavy atom. The number of carbonyl (C=O) groups is 1. The van der Waals surface area contributed by atoms with Crippen molar-refractivity contribution in [3.63, 3.8) is 0 Å². The number of aromatic amines is 2. The summed E-state index contributed by atoms with van der Waals surface area (Å²) in [7, 11) is 0. The van der Waals surface area contributed by atoms with E-state index in [1.54, 1.807) is 12.1 Å². The highest BCUT2D eigenvalue weighted by atomic mass is 35.5. The quantitative estimate of drug-likeness (QED) is 0.681. The Bertz CT molecular complexity index is 931. The lowest BCUT2D eigenvalue weighted by molar-refractivity contribution is 0.0468. The fraction of sp³-hybridized carbons (Fsp3) is 0.0833. The Morgan fingerprint density at radius 3 is 2.77 bits per heavy atom. The third-order valence-electron chi connectivity index (χ3n) is 2.73. The molecule has 2 heterocycles. The summed E-state index contributed by atoms with van der Waals surface area (Å²) in [6.45, 7) is -0.184. The molecule has 2 N–H and O–H groups in total. The zero-order valence-electron chi connectivity index (χ0n) is 10.6. The molecule has 114 valence electrons. The summed E-state index contributed by atoms with van der Waals surface area (Å²) in [6.07, 6.45) is 0. The zero-order chi connectivity index (χ0) is 15.9. The molecule has 2 aromatic heterocycles. The van der Waals surface area contributed by atoms with Gasteiger partial charge in [-0.15, -0.1) is 11.3 Å². The predicted octanol–water partition coefficient (Wildman–Crippen LogP) is 3.63. The minimum atomic E-state index is -0.637. The number of fused-ring (bicyclic) bond motifs is 1. The Morgan fingerprint density at radius 2 is 2.09 bits per heavy atom. The number of H-pyrrole nitrogens is 2. The summed E-state index contributed by atoms with van der Waals surface area (Å²) in [5.74, 6) is -0.432. The van der Waals surface area contributed by atoms with Gasteiger partial charge in [0, 0.05) is 15.1 Å². The Balaban J connectivity index is 1.89. The minimum Gasteiger partial charge on any atom is -0.453 e. The number of rotatable bonds is 3. The second kappa shape index (κ2) is 5.92. The summed E-state index contributed by atoms with van der Waals surface area (Å²) >= 11 is 19.3. The van der Waals surface area contributed by atoms with Crippen molar-refractivity contribution in [2.75, 3.05) is 0 Å². The number of benzene rings is 1. The van der Waals surface area contributed by atoms with Gasteiger partial charge >= 0.3 is 11.7 Å². The third kappa shape index (κ3) is 2.85. The second-order valence-electron chi connectivity index (χ2n) is 4.21. The minimum absolute atomic E-state index is 0.184. The lowest BCUT2D eigenvalue weighted by atomic mass is 10.2. The van der Waals surface area contributed by atoms with E-state index in [2.05, 4.69) is 15.2 Å². The standard InChI is InChI=1S/C12H6Cl3N3O3S/c13-4-1-5(14)8-6(2-4)22-10(9(8)15)11(19)21-3-7-16-12(20)18-17-7/h1-2H,3H2,(H2,16,17,18,20). The number of aromatic nitrogens is 3. The van der Waals surface area contributed by atoms with Gasteiger partial charge in [-0.25, -0.2) is 14.7 Å². The average molecular weight is 379 g/mol. The first-order chi connectivity index (χ1) is 10.5. The summed E-state index contributed by atoms with van der Waals surface area (Å²) in [4.78, 5) is 25.6. The largest absolute Gasteiger partial charge is 0.453 e. The van der Waals surface area contributed by atoms with Gasteiger partial charge in [0.15, 0.2) is 12.4 Å². The Hall–Kier alpha value is -1.54. The number of esters is 1. The molecule has 22 heavy (non-hydrogen) atoms. The van der Waals surface area contributed by atoms with E-state index in [0.717, 1.165) is 11.3 Å². The van der Waals surface area contributed by atoms with Crippen molar-refractivity contribution in [2.24, 2.45) is 0 Å². The van der Waals surface area contributed by atoms with Gasteiger partial charge in [0.2, 0.25) is 0 Å². The Labute approximate surface area is 142 Å². The molecule has 3 rings (SSSR count). The first-order valence-electron chi connectivity index (χ1n) is 5.83. The van der Waals surface area contributed by atoms with Gasteiger partial charge in [-0.2, -0.15) is 5.10 Å². The van der Waals surface area contributed by atoms with Crippen molar-refractivity contribution >= 4 is 62.2 Å². The van der Waals surface area contributed by atoms with Crippen LogP contribution in [0.3, 0.4) is 0 Å². The van der Waals surface area contributed by atoms with Crippen molar-refractivity contribution in [1.82, 2.24) is 15.2 Å². The molecule has 6 nitrogen and oxygen atoms in total. The van der Waals surface area contributed by atoms with Crippen molar-refractivity contribution in [3.05, 3.63) is 48.4 Å². The van der Waals surface area contributed by atoms with E-state index >= 15 is 0 Å². The maximum atomic E-state index is 12.1. The first-order valence-corrected chi connectivity index (χ1v) is 7.78. The molecular formula is C12H6Cl3N3O3S. The number of nitrogens with one attached hydrogen (secondary N) is 2. The maximum absolute atomic E-state index is 12.1. The molecule has 0 aliphatic heterocycles. The molecule has 0 aliphatic carbocycles. The molecule has 0 unspecified atom stereocenters. The molecule has 0 saturated heterocycles. The first kappa shape index (κ1) is 15.4. The van der Waals surface area contributed by atoms with E-state index in [1.165, 1.54) is 0 Å². The second-order valence-corrected chi connectivity index (χ2v) is 6.48. The molecule has 3 aromatic rings. The van der Waals surface area contributed by atoms with Crippen LogP contribution < -0.4 is 5.69 Å². The van der Waals surface area contributed by atoms with E-state index in [9.17, 15) is 9.59 Å². The van der Waals surface area contributed by atoms with E-state index in [0.29, 0.717) is 20.1 Å². The predicted molar refractivity (Wildman–Crippen MR) is 85.2 cm³/mol. The smallest absolute Gasteiger partial charge is 0.350 e. The number of hydrogen-bond acceptors (Lipinski definition) is 5. The molecule has 10 heteroatoms. The zero-order valence-corrected chi connectivity index (χ0v) is 13.7. The molecule has 0 radical (unpaired) electrons. The van der Waals surface area contributed by atoms with Gasteiger partial charge in [0.25, 0.3) is 0 Å². The van der Waals surface area contributed by atoms with Crippen molar-refractivity contribution in [2.45, 2.75) is 6.61 Å². The highest BCUT2D eigenvalue weighted by Gasteiger charge is 2.21. The normalized spacial score (nSPS) is 11.0. The average Bonchev–Trinajstić information content (AvgIpc) is 3.00. The number of thiophene rings is 1. The summed E-state index contributed by atoms with van der Waals surface area (Å²) < 4.78 is 5.75. The fourth-order valence-corrected chi connectivity index (χ4v) is 4.08. The van der Waals surface area contributed by atoms with Crippen LogP contribution in [0.1, 0.15) is 15.5 Å². The van der Waals surface area contributed by atoms with Crippen molar-refractivity contribution in [1.29, 1.82) is 0 Å². The lowest BCUT2D eigenvalue weighted by Crippen LogP contribution is -2.06. The molecule has 1 aromatic carbocycles. The van der Waals surface area contributed by atoms with Crippen molar-refractivity contribution < 1.29 is 9.53 Å². The van der Waals surface area contributed by atoms with Gasteiger partial charge in [-0.1, -0.05) is 34.8 Å². The van der Waals surface area contributed by atoms with Crippen LogP contribution >= 0.6 is 46.1 Å². The monoisotopic (exact) mass is 377 g/mol. The lowest BCUT2D eigenvalue weighted by Gasteiger charge is -2.00. The summed E-state index contributed by atoms with van der Waals surface area (Å²) in [5, 5.41) is 7.38. The topological polar surface area (TPSA) is 87.8 Å². The van der Waals surface area contributed by atoms with Gasteiger partial charge in [-0.3, -0.25) is 4.98 Å². The number of nitrogens with zero attached hydrogens (tertiary/aromatic N) is 1. The van der Waals surface area contributed by atoms with Crippen LogP contribution in [0.25, 0.3) is 10.1 Å². The maximum Gasteiger partial charge on any atom is 0.350 e. The number of halogens is 3. The van der Waals surface area contributed by atoms with Crippen LogP contribution in [-0.2, 0) is 11.3 Å². The molecule has 0 bridgehead atoms. The number of ether oxygens (including phenoxy) is 1. The van der Waals surface area contributed by atoms with E-state index in [4.69, 9.17) is 39.5 Å². The van der Waals surface area contributed by atoms with Crippen LogP contribution in [0.5, 0.6) is 0 Å². The van der Waals surface area contributed by atoms with Crippen LogP contribution in [0.15, 0.2) is 16.9 Å². The summed E-state index contributed by atoms with van der Waals surface area (Å²) in [6, 6.07) is 3.22. The van der Waals surface area contributed by atoms with Gasteiger partial charge < -0.3 is 4.74 Å². The highest BCUT2D eigenvalue weighted by molar-refractivity contribution is 7.21. The van der Waals surface area contributed by atoms with Crippen LogP contribution in [0.4, 0.5) is 0 Å². The van der Waals surface area contributed by atoms with Gasteiger partial charge in [-0.05, 0) is 12.1 Å². The Kier molecular flexibility index (Phi) is 4.14. The number of carbonyl (C=O) groups excluding carboxylic acids is 1. The van der Waals surface area contributed by atoms with E-state index in [1.807, 2.05) is 0 Å². The molecule has 0 atom stereocenters. The highest BCUT2D eigenvalue weighted by Crippen LogP contribution is 2.41. The molecular weight excluding hydrogens is 373 g/mol.